The van der Waals surface area contributed by atoms with Crippen LogP contribution in [0.15, 0.2) is 63.3 Å². The first-order valence-electron chi connectivity index (χ1n) is 12.6. The molecule has 0 aromatic rings. The third kappa shape index (κ3) is 5.74. The van der Waals surface area contributed by atoms with Crippen LogP contribution in [0.5, 0.6) is 0 Å². The van der Waals surface area contributed by atoms with E-state index in [0.717, 1.165) is 0 Å². The van der Waals surface area contributed by atoms with Gasteiger partial charge in [0, 0.05) is 5.92 Å². The van der Waals surface area contributed by atoms with Gasteiger partial charge in [0.25, 0.3) is 0 Å². The zero-order valence-electron chi connectivity index (χ0n) is 24.6. The lowest BCUT2D eigenvalue weighted by Crippen LogP contribution is -2.84. The molecule has 0 spiro atoms. The van der Waals surface area contributed by atoms with Gasteiger partial charge in [-0.05, 0) is 30.4 Å². The minimum absolute atomic E-state index is 0.221. The van der Waals surface area contributed by atoms with Gasteiger partial charge >= 0.3 is 18.3 Å². The second kappa shape index (κ2) is 13.8. The predicted octanol–water partition coefficient (Wildman–Crippen LogP) is 0.651. The maximum atomic E-state index is 16.9. The van der Waals surface area contributed by atoms with E-state index in [2.05, 4.69) is 37.6 Å². The number of alkyl halides is 7. The van der Waals surface area contributed by atoms with Crippen LogP contribution in [-0.2, 0) is 28.7 Å². The molecular weight excluding hydrogens is 661 g/mol. The molecule has 0 aromatic carbocycles. The van der Waals surface area contributed by atoms with Gasteiger partial charge in [-0.2, -0.15) is 26.3 Å². The number of rotatable bonds is 21. The summed E-state index contributed by atoms with van der Waals surface area (Å²) in [5, 5.41) is 63.0. The number of hydrogen-bond donors (Lipinski definition) is 6. The molecule has 6 N–H and O–H groups in total. The lowest BCUT2D eigenvalue weighted by atomic mass is 9.51. The van der Waals surface area contributed by atoms with Crippen LogP contribution in [0.25, 0.3) is 0 Å². The highest BCUT2D eigenvalue weighted by molar-refractivity contribution is 6.25. The zero-order chi connectivity index (χ0) is 38.0. The summed E-state index contributed by atoms with van der Waals surface area (Å²) in [4.78, 5) is 65.1. The number of carbonyl (C=O) groups is 5. The van der Waals surface area contributed by atoms with Crippen LogP contribution >= 0.6 is 0 Å². The Labute approximate surface area is 261 Å². The lowest BCUT2D eigenvalue weighted by Gasteiger charge is -2.56. The molecular formula is C28H31F7O12. The molecule has 0 rings (SSSR count). The maximum absolute atomic E-state index is 16.9. The molecule has 0 bridgehead atoms. The zero-order valence-corrected chi connectivity index (χ0v) is 24.6. The van der Waals surface area contributed by atoms with Crippen LogP contribution < -0.4 is 0 Å². The largest absolute Gasteiger partial charge is 0.395 e. The molecule has 12 nitrogen and oxygen atoms in total. The van der Waals surface area contributed by atoms with Crippen LogP contribution in [0.3, 0.4) is 0 Å². The molecule has 0 aliphatic rings. The summed E-state index contributed by atoms with van der Waals surface area (Å²) < 4.78 is 113. The fraction of sp³-hybridized carbons (Fsp3) is 0.464. The normalized spacial score (nSPS) is 16.6. The predicted molar refractivity (Wildman–Crippen MR) is 143 cm³/mol. The number of hydrogen-bond acceptors (Lipinski definition) is 12. The SMILES string of the molecule is C=CC(=O)C(O)C(C(F)(F)OC(F)(F)C(CO)(C(O)(F)F)C(O)(F)C(C)C)(C(O)(C(=O)C=C)C(=O)C=C)C(O)(C(=O)C=C)C(=O)C=C. The van der Waals surface area contributed by atoms with E-state index in [1.807, 2.05) is 0 Å². The second-order valence-corrected chi connectivity index (χ2v) is 10.1. The van der Waals surface area contributed by atoms with Crippen molar-refractivity contribution in [2.24, 2.45) is 16.7 Å². The number of halogens is 7. The summed E-state index contributed by atoms with van der Waals surface area (Å²) in [7, 11) is 0. The van der Waals surface area contributed by atoms with Gasteiger partial charge in [0.15, 0.2) is 34.3 Å². The molecule has 0 fully saturated rings. The summed E-state index contributed by atoms with van der Waals surface area (Å²) in [6.07, 6.45) is -26.6. The van der Waals surface area contributed by atoms with Crippen LogP contribution in [0.2, 0.25) is 0 Å². The summed E-state index contributed by atoms with van der Waals surface area (Å²) in [6.45, 7) is 11.1. The third-order valence-corrected chi connectivity index (χ3v) is 7.52. The Hall–Kier alpha value is -3.72. The van der Waals surface area contributed by atoms with Gasteiger partial charge in [0.2, 0.25) is 22.5 Å². The minimum atomic E-state index is -7.11. The first kappa shape index (κ1) is 43.3. The first-order chi connectivity index (χ1) is 21.0. The molecule has 19 heteroatoms. The van der Waals surface area contributed by atoms with Gasteiger partial charge in [0.05, 0.1) is 6.61 Å². The maximum Gasteiger partial charge on any atom is 0.382 e. The number of ketones is 5. The molecule has 0 amide bonds. The highest BCUT2D eigenvalue weighted by Gasteiger charge is 2.89. The lowest BCUT2D eigenvalue weighted by molar-refractivity contribution is -0.522. The van der Waals surface area contributed by atoms with Crippen molar-refractivity contribution in [2.45, 2.75) is 55.3 Å². The van der Waals surface area contributed by atoms with Gasteiger partial charge in [-0.3, -0.25) is 28.7 Å². The summed E-state index contributed by atoms with van der Waals surface area (Å²) in [5.74, 6) is -21.1. The monoisotopic (exact) mass is 692 g/mol. The molecule has 0 aromatic heterocycles. The Kier molecular flexibility index (Phi) is 12.7. The van der Waals surface area contributed by atoms with Gasteiger partial charge in [-0.15, -0.1) is 0 Å². The first-order valence-corrected chi connectivity index (χ1v) is 12.6. The van der Waals surface area contributed by atoms with E-state index in [-0.39, 0.29) is 30.4 Å². The fourth-order valence-electron chi connectivity index (χ4n) is 4.88. The highest BCUT2D eigenvalue weighted by Crippen LogP contribution is 2.63. The molecule has 264 valence electrons. The summed E-state index contributed by atoms with van der Waals surface area (Å²) in [6, 6.07) is 0. The number of aliphatic hydroxyl groups excluding tert-OH is 2. The van der Waals surface area contributed by atoms with E-state index in [9.17, 15) is 63.4 Å². The van der Waals surface area contributed by atoms with E-state index in [4.69, 9.17) is 0 Å². The van der Waals surface area contributed by atoms with Crippen LogP contribution in [-0.4, -0.2) is 108 Å². The Morgan fingerprint density at radius 3 is 1.19 bits per heavy atom. The molecule has 0 aliphatic heterocycles. The summed E-state index contributed by atoms with van der Waals surface area (Å²) >= 11 is 0. The van der Waals surface area contributed by atoms with Gasteiger partial charge in [0.1, 0.15) is 6.10 Å². The standard InChI is InChI=1S/C28H31F7O12/c1-8-15(37)20(42)24(22(43,16(38)9-2)17(39)10-3,23(44,18(40)11-4)19(41)12-5)28(34,35)47-27(32,33)21(13-36,26(30,31)46)25(29,45)14(6)7/h8-12,14,20,36,42-46H,1-5,13H2,6-7H3. The Bertz CT molecular complexity index is 1260. The molecule has 0 saturated heterocycles. The smallest absolute Gasteiger partial charge is 0.382 e. The van der Waals surface area contributed by atoms with E-state index >= 15 is 22.0 Å². The van der Waals surface area contributed by atoms with E-state index in [0.29, 0.717) is 13.8 Å². The van der Waals surface area contributed by atoms with Crippen molar-refractivity contribution < 1.29 is 90.1 Å². The molecule has 0 saturated carbocycles. The van der Waals surface area contributed by atoms with Crippen molar-refractivity contribution in [1.29, 1.82) is 0 Å². The van der Waals surface area contributed by atoms with Gasteiger partial charge < -0.3 is 30.6 Å². The second-order valence-electron chi connectivity index (χ2n) is 10.1. The Morgan fingerprint density at radius 1 is 0.660 bits per heavy atom. The number of ether oxygens (including phenoxy) is 1. The van der Waals surface area contributed by atoms with Crippen LogP contribution in [0, 0.1) is 16.7 Å². The third-order valence-electron chi connectivity index (χ3n) is 7.52. The number of carbonyl (C=O) groups excluding carboxylic acids is 5. The van der Waals surface area contributed by atoms with E-state index in [1.165, 1.54) is 0 Å². The minimum Gasteiger partial charge on any atom is -0.395 e. The molecule has 0 heterocycles. The topological polar surface area (TPSA) is 216 Å². The van der Waals surface area contributed by atoms with Crippen molar-refractivity contribution >= 4 is 28.9 Å². The fourth-order valence-corrected chi connectivity index (χ4v) is 4.88. The average molecular weight is 693 g/mol. The Morgan fingerprint density at radius 2 is 0.979 bits per heavy atom. The van der Waals surface area contributed by atoms with Crippen molar-refractivity contribution in [3.05, 3.63) is 63.3 Å². The van der Waals surface area contributed by atoms with Crippen molar-refractivity contribution in [1.82, 2.24) is 0 Å². The number of aliphatic hydroxyl groups is 6. The summed E-state index contributed by atoms with van der Waals surface area (Å²) in [5.41, 5.74) is -22.7. The van der Waals surface area contributed by atoms with Crippen molar-refractivity contribution in [3.8, 4) is 0 Å². The Balaban J connectivity index is 9.37. The molecule has 0 radical (unpaired) electrons. The van der Waals surface area contributed by atoms with Crippen molar-refractivity contribution in [3.63, 3.8) is 0 Å². The highest BCUT2D eigenvalue weighted by atomic mass is 19.3. The van der Waals surface area contributed by atoms with Gasteiger partial charge in [-0.1, -0.05) is 46.7 Å². The van der Waals surface area contributed by atoms with Crippen LogP contribution in [0.1, 0.15) is 13.8 Å². The molecule has 3 unspecified atom stereocenters. The van der Waals surface area contributed by atoms with E-state index < -0.39 is 93.8 Å². The molecule has 47 heavy (non-hydrogen) atoms. The average Bonchev–Trinajstić information content (AvgIpc) is 2.96. The molecule has 0 aliphatic carbocycles. The van der Waals surface area contributed by atoms with Crippen molar-refractivity contribution in [2.75, 3.05) is 6.61 Å². The van der Waals surface area contributed by atoms with E-state index in [1.54, 1.807) is 0 Å². The van der Waals surface area contributed by atoms with Crippen LogP contribution in [0.4, 0.5) is 30.7 Å². The molecule has 3 atom stereocenters. The quantitative estimate of drug-likeness (QED) is 0.0556. The van der Waals surface area contributed by atoms with Gasteiger partial charge in [-0.25, -0.2) is 4.39 Å².